The summed E-state index contributed by atoms with van der Waals surface area (Å²) in [4.78, 5) is 11.1. The average molecular weight is 449 g/mol. The number of nitrogens with one attached hydrogen (secondary N) is 2. The number of ether oxygens (including phenoxy) is 1. The van der Waals surface area contributed by atoms with Gasteiger partial charge in [-0.3, -0.25) is 10.00 Å². The summed E-state index contributed by atoms with van der Waals surface area (Å²) in [6, 6.07) is 0.140. The molecule has 0 aromatic carbocycles. The highest BCUT2D eigenvalue weighted by atomic mass is 32.2. The lowest BCUT2D eigenvalue weighted by Crippen LogP contribution is -2.48. The van der Waals surface area contributed by atoms with Crippen molar-refractivity contribution >= 4 is 22.3 Å². The van der Waals surface area contributed by atoms with Gasteiger partial charge in [0.15, 0.2) is 16.4 Å². The first-order valence-corrected chi connectivity index (χ1v) is 11.6. The van der Waals surface area contributed by atoms with Crippen molar-refractivity contribution in [2.24, 2.45) is 5.92 Å². The van der Waals surface area contributed by atoms with E-state index in [0.717, 1.165) is 12.0 Å². The van der Waals surface area contributed by atoms with Gasteiger partial charge in [-0.25, -0.2) is 13.4 Å². The molecule has 3 atom stereocenters. The number of piperidine rings is 1. The quantitative estimate of drug-likeness (QED) is 0.459. The molecule has 3 aromatic rings. The Morgan fingerprint density at radius 2 is 2.10 bits per heavy atom. The van der Waals surface area contributed by atoms with Crippen LogP contribution in [0.25, 0.3) is 16.9 Å². The van der Waals surface area contributed by atoms with E-state index in [4.69, 9.17) is 4.74 Å². The third kappa shape index (κ3) is 4.49. The number of aromatic amines is 1. The monoisotopic (exact) mass is 448 g/mol. The van der Waals surface area contributed by atoms with E-state index in [0.29, 0.717) is 36.3 Å². The first kappa shape index (κ1) is 21.5. The number of hydrogen-bond acceptors (Lipinski definition) is 9. The summed E-state index contributed by atoms with van der Waals surface area (Å²) in [6.07, 6.45) is 5.83. The van der Waals surface area contributed by atoms with Gasteiger partial charge in [-0.05, 0) is 33.1 Å². The standard InChI is InChI=1S/C19H28N8O3S/c1-11(2)30-18-17(14-7-21-22-8-14)20-9-16-24-19(25-27(16)18)23-15-5-6-26(10-12(15)3)13(4)31(28)29/h7-9,11-13,15,31H,5-6,10H2,1-4H3,(H,21,22)(H,23,25)/t12-,13?,15+/m1/s1. The SMILES string of the molecule is CC(C)Oc1c(-c2cn[nH]c2)ncc2nc(N[C@H]3CCN(C(C)[SH](=O)=O)C[C@H]3C)nn12. The van der Waals surface area contributed by atoms with Gasteiger partial charge in [-0.2, -0.15) is 14.6 Å². The summed E-state index contributed by atoms with van der Waals surface area (Å²) >= 11 is 0. The van der Waals surface area contributed by atoms with E-state index in [9.17, 15) is 8.42 Å². The number of anilines is 1. The maximum absolute atomic E-state index is 11.3. The molecule has 1 aliphatic rings. The molecule has 0 bridgehead atoms. The Labute approximate surface area is 182 Å². The van der Waals surface area contributed by atoms with Crippen LogP contribution in [0.5, 0.6) is 5.88 Å². The Bertz CT molecular complexity index is 1100. The fraction of sp³-hybridized carbons (Fsp3) is 0.579. The average Bonchev–Trinajstić information content (AvgIpc) is 3.38. The second-order valence-electron chi connectivity index (χ2n) is 8.20. The zero-order valence-corrected chi connectivity index (χ0v) is 18.9. The van der Waals surface area contributed by atoms with E-state index in [1.807, 2.05) is 18.7 Å². The molecule has 31 heavy (non-hydrogen) atoms. The largest absolute Gasteiger partial charge is 0.473 e. The van der Waals surface area contributed by atoms with Gasteiger partial charge < -0.3 is 10.1 Å². The molecule has 0 aliphatic carbocycles. The Hall–Kier alpha value is -2.73. The van der Waals surface area contributed by atoms with Gasteiger partial charge in [0, 0.05) is 30.9 Å². The van der Waals surface area contributed by atoms with Crippen molar-refractivity contribution in [1.82, 2.24) is 34.7 Å². The normalized spacial score (nSPS) is 21.1. The number of thiol groups is 1. The topological polar surface area (TPSA) is 130 Å². The molecule has 1 unspecified atom stereocenters. The molecular formula is C19H28N8O3S. The van der Waals surface area contributed by atoms with Crippen LogP contribution in [0.3, 0.4) is 0 Å². The minimum atomic E-state index is -2.46. The highest BCUT2D eigenvalue weighted by molar-refractivity contribution is 7.73. The summed E-state index contributed by atoms with van der Waals surface area (Å²) in [5.74, 6) is 1.24. The third-order valence-corrected chi connectivity index (χ3v) is 6.48. The molecule has 1 fully saturated rings. The van der Waals surface area contributed by atoms with Crippen molar-refractivity contribution in [3.8, 4) is 17.1 Å². The number of H-pyrrole nitrogens is 1. The van der Waals surface area contributed by atoms with Crippen molar-refractivity contribution in [3.63, 3.8) is 0 Å². The molecule has 4 heterocycles. The number of hydrogen-bond donors (Lipinski definition) is 3. The fourth-order valence-electron chi connectivity index (χ4n) is 3.83. The van der Waals surface area contributed by atoms with Crippen LogP contribution in [0, 0.1) is 5.92 Å². The van der Waals surface area contributed by atoms with Crippen LogP contribution in [-0.4, -0.2) is 73.7 Å². The fourth-order valence-corrected chi connectivity index (χ4v) is 4.31. The zero-order chi connectivity index (χ0) is 22.1. The molecule has 0 radical (unpaired) electrons. The van der Waals surface area contributed by atoms with Crippen molar-refractivity contribution in [2.45, 2.75) is 51.6 Å². The highest BCUT2D eigenvalue weighted by Crippen LogP contribution is 2.29. The third-order valence-electron chi connectivity index (χ3n) is 5.54. The number of rotatable bonds is 7. The van der Waals surface area contributed by atoms with Crippen LogP contribution >= 0.6 is 0 Å². The second kappa shape index (κ2) is 8.79. The van der Waals surface area contributed by atoms with Gasteiger partial charge in [0.2, 0.25) is 11.8 Å². The highest BCUT2D eigenvalue weighted by Gasteiger charge is 2.30. The van der Waals surface area contributed by atoms with Crippen molar-refractivity contribution in [3.05, 3.63) is 18.6 Å². The molecule has 2 N–H and O–H groups in total. The van der Waals surface area contributed by atoms with Crippen LogP contribution in [0.15, 0.2) is 18.6 Å². The molecule has 168 valence electrons. The summed E-state index contributed by atoms with van der Waals surface area (Å²) in [7, 11) is -2.46. The second-order valence-corrected chi connectivity index (χ2v) is 9.52. The summed E-state index contributed by atoms with van der Waals surface area (Å²) in [5.41, 5.74) is 2.01. The minimum Gasteiger partial charge on any atom is -0.473 e. The minimum absolute atomic E-state index is 0.0717. The van der Waals surface area contributed by atoms with E-state index < -0.39 is 16.1 Å². The number of fused-ring (bicyclic) bond motifs is 1. The van der Waals surface area contributed by atoms with Crippen LogP contribution in [0.2, 0.25) is 0 Å². The van der Waals surface area contributed by atoms with Gasteiger partial charge in [0.1, 0.15) is 11.1 Å². The molecule has 0 spiro atoms. The van der Waals surface area contributed by atoms with Crippen LogP contribution in [0.1, 0.15) is 34.1 Å². The molecular weight excluding hydrogens is 420 g/mol. The smallest absolute Gasteiger partial charge is 0.244 e. The Morgan fingerprint density at radius 3 is 2.74 bits per heavy atom. The lowest BCUT2D eigenvalue weighted by atomic mass is 9.94. The van der Waals surface area contributed by atoms with Crippen molar-refractivity contribution in [1.29, 1.82) is 0 Å². The Balaban J connectivity index is 1.58. The van der Waals surface area contributed by atoms with Crippen LogP contribution in [0.4, 0.5) is 5.95 Å². The molecule has 4 rings (SSSR count). The first-order valence-electron chi connectivity index (χ1n) is 10.4. The summed E-state index contributed by atoms with van der Waals surface area (Å²) in [5, 5.41) is 14.4. The predicted octanol–water partition coefficient (Wildman–Crippen LogP) is 1.38. The predicted molar refractivity (Wildman–Crippen MR) is 117 cm³/mol. The van der Waals surface area contributed by atoms with Crippen molar-refractivity contribution < 1.29 is 13.2 Å². The summed E-state index contributed by atoms with van der Waals surface area (Å²) in [6.45, 7) is 9.13. The molecule has 1 aliphatic heterocycles. The van der Waals surface area contributed by atoms with E-state index in [1.54, 1.807) is 30.0 Å². The molecule has 11 nitrogen and oxygen atoms in total. The summed E-state index contributed by atoms with van der Waals surface area (Å²) < 4.78 is 30.4. The molecule has 12 heteroatoms. The first-order chi connectivity index (χ1) is 14.8. The maximum atomic E-state index is 11.3. The Kier molecular flexibility index (Phi) is 6.10. The maximum Gasteiger partial charge on any atom is 0.244 e. The van der Waals surface area contributed by atoms with Crippen LogP contribution in [-0.2, 0) is 10.7 Å². The van der Waals surface area contributed by atoms with Crippen LogP contribution < -0.4 is 10.1 Å². The van der Waals surface area contributed by atoms with Crippen molar-refractivity contribution in [2.75, 3.05) is 18.4 Å². The molecule has 3 aromatic heterocycles. The van der Waals surface area contributed by atoms with E-state index in [2.05, 4.69) is 37.5 Å². The van der Waals surface area contributed by atoms with Gasteiger partial charge in [-0.15, -0.1) is 5.10 Å². The number of likely N-dealkylation sites (tertiary alicyclic amines) is 1. The van der Waals surface area contributed by atoms with Gasteiger partial charge >= 0.3 is 0 Å². The van der Waals surface area contributed by atoms with E-state index in [-0.39, 0.29) is 18.1 Å². The zero-order valence-electron chi connectivity index (χ0n) is 18.0. The molecule has 0 amide bonds. The van der Waals surface area contributed by atoms with Gasteiger partial charge in [-0.1, -0.05) is 6.92 Å². The van der Waals surface area contributed by atoms with E-state index >= 15 is 0 Å². The van der Waals surface area contributed by atoms with Gasteiger partial charge in [0.25, 0.3) is 0 Å². The molecule has 0 saturated carbocycles. The Morgan fingerprint density at radius 1 is 1.29 bits per heavy atom. The lowest BCUT2D eigenvalue weighted by Gasteiger charge is -2.38. The lowest BCUT2D eigenvalue weighted by molar-refractivity contribution is 0.163. The molecule has 1 saturated heterocycles. The number of aromatic nitrogens is 6. The van der Waals surface area contributed by atoms with E-state index in [1.165, 1.54) is 0 Å². The van der Waals surface area contributed by atoms with Gasteiger partial charge in [0.05, 0.1) is 18.5 Å². The number of nitrogens with zero attached hydrogens (tertiary/aromatic N) is 6.